The Morgan fingerprint density at radius 1 is 1.00 bits per heavy atom. The summed E-state index contributed by atoms with van der Waals surface area (Å²) in [5, 5.41) is 5.72. The Morgan fingerprint density at radius 3 is 2.49 bits per heavy atom. The zero-order chi connectivity index (χ0) is 27.7. The molecule has 0 fully saturated rings. The number of amides is 1. The van der Waals surface area contributed by atoms with Crippen LogP contribution in [0.2, 0.25) is 5.02 Å². The zero-order valence-electron chi connectivity index (χ0n) is 20.9. The molecule has 5 nitrogen and oxygen atoms in total. The van der Waals surface area contributed by atoms with Gasteiger partial charge < -0.3 is 15.4 Å². The topological polar surface area (TPSA) is 67.4 Å². The number of anilines is 1. The predicted molar refractivity (Wildman–Crippen MR) is 143 cm³/mol. The van der Waals surface area contributed by atoms with Crippen LogP contribution >= 0.6 is 11.6 Å². The van der Waals surface area contributed by atoms with Gasteiger partial charge in [0.25, 0.3) is 5.91 Å². The molecule has 39 heavy (non-hydrogen) atoms. The minimum Gasteiger partial charge on any atom is -0.457 e. The second-order valence-electron chi connectivity index (χ2n) is 9.40. The van der Waals surface area contributed by atoms with Crippen molar-refractivity contribution in [3.05, 3.63) is 111 Å². The Bertz CT molecular complexity index is 1510. The van der Waals surface area contributed by atoms with Gasteiger partial charge in [0.15, 0.2) is 5.78 Å². The van der Waals surface area contributed by atoms with Crippen molar-refractivity contribution in [2.75, 3.05) is 5.32 Å². The van der Waals surface area contributed by atoms with Crippen LogP contribution < -0.4 is 15.4 Å². The Labute approximate surface area is 228 Å². The summed E-state index contributed by atoms with van der Waals surface area (Å²) in [6.07, 6.45) is -2.95. The standard InChI is InChI=1S/C30H24ClF3N2O3/c1-17-26(29(38)36-24-16-19(30(32,33)34)13-14-22(24)31)27(28-23(35-17)11-6-12-25(28)37)18-7-5-10-21(15-18)39-20-8-3-2-4-9-20/h2-5,7-10,13-16,27,35H,6,11-12H2,1H3,(H,36,38)/t27-/m0/s1. The smallest absolute Gasteiger partial charge is 0.416 e. The fourth-order valence-electron chi connectivity index (χ4n) is 4.99. The number of rotatable bonds is 5. The average molecular weight is 553 g/mol. The molecule has 200 valence electrons. The maximum Gasteiger partial charge on any atom is 0.416 e. The quantitative estimate of drug-likeness (QED) is 0.339. The van der Waals surface area contributed by atoms with E-state index in [1.165, 1.54) is 0 Å². The number of dihydropyridines is 1. The third kappa shape index (κ3) is 5.56. The van der Waals surface area contributed by atoms with Gasteiger partial charge in [-0.3, -0.25) is 9.59 Å². The van der Waals surface area contributed by atoms with Gasteiger partial charge in [0.05, 0.1) is 16.3 Å². The van der Waals surface area contributed by atoms with Crippen molar-refractivity contribution >= 4 is 29.0 Å². The molecule has 9 heteroatoms. The van der Waals surface area contributed by atoms with E-state index in [1.807, 2.05) is 30.3 Å². The van der Waals surface area contributed by atoms with E-state index in [4.69, 9.17) is 16.3 Å². The number of ether oxygens (including phenoxy) is 1. The highest BCUT2D eigenvalue weighted by molar-refractivity contribution is 6.34. The van der Waals surface area contributed by atoms with Crippen LogP contribution in [0.5, 0.6) is 11.5 Å². The number of alkyl halides is 3. The van der Waals surface area contributed by atoms with E-state index in [0.717, 1.165) is 23.9 Å². The first-order valence-electron chi connectivity index (χ1n) is 12.4. The van der Waals surface area contributed by atoms with Crippen LogP contribution in [0.15, 0.2) is 95.3 Å². The SMILES string of the molecule is CC1=C(C(=O)Nc2cc(C(F)(F)F)ccc2Cl)[C@H](c2cccc(Oc3ccccc3)c2)C2=C(CCCC2=O)N1. The van der Waals surface area contributed by atoms with E-state index in [1.54, 1.807) is 31.2 Å². The Kier molecular flexibility index (Phi) is 7.23. The van der Waals surface area contributed by atoms with Crippen LogP contribution in [0.4, 0.5) is 18.9 Å². The van der Waals surface area contributed by atoms with Gasteiger partial charge in [0.2, 0.25) is 0 Å². The number of allylic oxidation sites excluding steroid dienone is 3. The molecule has 0 radical (unpaired) electrons. The summed E-state index contributed by atoms with van der Waals surface area (Å²) in [6, 6.07) is 19.0. The molecule has 0 aromatic heterocycles. The molecular formula is C30H24ClF3N2O3. The van der Waals surface area contributed by atoms with Crippen LogP contribution in [0.3, 0.4) is 0 Å². The van der Waals surface area contributed by atoms with E-state index in [9.17, 15) is 22.8 Å². The molecule has 0 spiro atoms. The molecule has 0 saturated heterocycles. The fourth-order valence-corrected chi connectivity index (χ4v) is 5.15. The molecule has 1 aliphatic heterocycles. The number of hydrogen-bond donors (Lipinski definition) is 2. The first-order valence-corrected chi connectivity index (χ1v) is 12.7. The van der Waals surface area contributed by atoms with Crippen LogP contribution in [-0.4, -0.2) is 11.7 Å². The molecule has 2 aliphatic rings. The van der Waals surface area contributed by atoms with Gasteiger partial charge in [-0.05, 0) is 67.8 Å². The molecule has 1 amide bonds. The number of benzene rings is 3. The average Bonchev–Trinajstić information content (AvgIpc) is 2.89. The van der Waals surface area contributed by atoms with E-state index < -0.39 is 23.6 Å². The molecule has 3 aromatic carbocycles. The molecule has 3 aromatic rings. The highest BCUT2D eigenvalue weighted by Crippen LogP contribution is 2.44. The minimum absolute atomic E-state index is 0.0400. The molecule has 1 aliphatic carbocycles. The third-order valence-corrected chi connectivity index (χ3v) is 7.06. The van der Waals surface area contributed by atoms with Gasteiger partial charge in [0.1, 0.15) is 11.5 Å². The van der Waals surface area contributed by atoms with Gasteiger partial charge >= 0.3 is 6.18 Å². The molecule has 5 rings (SSSR count). The summed E-state index contributed by atoms with van der Waals surface area (Å²) in [7, 11) is 0. The summed E-state index contributed by atoms with van der Waals surface area (Å²) in [5.41, 5.74) is 1.47. The molecule has 0 bridgehead atoms. The van der Waals surface area contributed by atoms with Crippen molar-refractivity contribution in [3.63, 3.8) is 0 Å². The van der Waals surface area contributed by atoms with Crippen molar-refractivity contribution in [2.45, 2.75) is 38.3 Å². The van der Waals surface area contributed by atoms with E-state index in [0.29, 0.717) is 47.6 Å². The molecule has 1 atom stereocenters. The van der Waals surface area contributed by atoms with Gasteiger partial charge in [-0.1, -0.05) is 41.9 Å². The van der Waals surface area contributed by atoms with Crippen LogP contribution in [-0.2, 0) is 15.8 Å². The molecule has 0 saturated carbocycles. The van der Waals surface area contributed by atoms with Crippen molar-refractivity contribution in [1.29, 1.82) is 0 Å². The van der Waals surface area contributed by atoms with Crippen molar-refractivity contribution < 1.29 is 27.5 Å². The van der Waals surface area contributed by atoms with Crippen LogP contribution in [0.25, 0.3) is 0 Å². The van der Waals surface area contributed by atoms with Crippen LogP contribution in [0, 0.1) is 0 Å². The number of halogens is 4. The highest BCUT2D eigenvalue weighted by Gasteiger charge is 2.39. The lowest BCUT2D eigenvalue weighted by Gasteiger charge is -2.34. The fraction of sp³-hybridized carbons (Fsp3) is 0.200. The van der Waals surface area contributed by atoms with E-state index >= 15 is 0 Å². The van der Waals surface area contributed by atoms with Crippen LogP contribution in [0.1, 0.15) is 43.2 Å². The molecule has 1 heterocycles. The number of para-hydroxylation sites is 1. The zero-order valence-corrected chi connectivity index (χ0v) is 21.6. The Morgan fingerprint density at radius 2 is 1.74 bits per heavy atom. The van der Waals surface area contributed by atoms with Gasteiger partial charge in [-0.15, -0.1) is 0 Å². The van der Waals surface area contributed by atoms with Gasteiger partial charge in [0, 0.05) is 34.9 Å². The highest BCUT2D eigenvalue weighted by atomic mass is 35.5. The lowest BCUT2D eigenvalue weighted by Crippen LogP contribution is -2.35. The summed E-state index contributed by atoms with van der Waals surface area (Å²) < 4.78 is 46.0. The summed E-state index contributed by atoms with van der Waals surface area (Å²) in [4.78, 5) is 26.9. The molecule has 0 unspecified atom stereocenters. The summed E-state index contributed by atoms with van der Waals surface area (Å²) in [6.45, 7) is 1.71. The third-order valence-electron chi connectivity index (χ3n) is 6.73. The maximum atomic E-state index is 13.7. The van der Waals surface area contributed by atoms with Crippen molar-refractivity contribution in [1.82, 2.24) is 5.32 Å². The predicted octanol–water partition coefficient (Wildman–Crippen LogP) is 7.76. The minimum atomic E-state index is -4.61. The molecular weight excluding hydrogens is 529 g/mol. The first-order chi connectivity index (χ1) is 18.6. The van der Waals surface area contributed by atoms with Crippen molar-refractivity contribution in [2.24, 2.45) is 0 Å². The lowest BCUT2D eigenvalue weighted by atomic mass is 9.75. The van der Waals surface area contributed by atoms with Crippen molar-refractivity contribution in [3.8, 4) is 11.5 Å². The second kappa shape index (κ2) is 10.6. The monoisotopic (exact) mass is 552 g/mol. The number of carbonyl (C=O) groups excluding carboxylic acids is 2. The number of nitrogens with one attached hydrogen (secondary N) is 2. The summed E-state index contributed by atoms with van der Waals surface area (Å²) >= 11 is 6.16. The lowest BCUT2D eigenvalue weighted by molar-refractivity contribution is -0.137. The maximum absolute atomic E-state index is 13.7. The number of carbonyl (C=O) groups is 2. The normalized spacial score (nSPS) is 17.5. The number of ketones is 1. The first kappa shape index (κ1) is 26.6. The largest absolute Gasteiger partial charge is 0.457 e. The van der Waals surface area contributed by atoms with Gasteiger partial charge in [-0.25, -0.2) is 0 Å². The second-order valence-corrected chi connectivity index (χ2v) is 9.81. The number of Topliss-reactive ketones (excluding diaryl/α,β-unsaturated/α-hetero) is 1. The molecule has 2 N–H and O–H groups in total. The Balaban J connectivity index is 1.55. The number of hydrogen-bond acceptors (Lipinski definition) is 4. The van der Waals surface area contributed by atoms with Gasteiger partial charge in [-0.2, -0.15) is 13.2 Å². The Hall–Kier alpha value is -4.04. The van der Waals surface area contributed by atoms with E-state index in [2.05, 4.69) is 10.6 Å². The summed E-state index contributed by atoms with van der Waals surface area (Å²) in [5.74, 6) is -0.361. The van der Waals surface area contributed by atoms with E-state index in [-0.39, 0.29) is 22.1 Å².